The molecule has 2 aromatic carbocycles. The zero-order valence-corrected chi connectivity index (χ0v) is 16.0. The molecule has 3 aromatic rings. The number of nitrogens with one attached hydrogen (secondary N) is 1. The molecule has 0 spiro atoms. The van der Waals surface area contributed by atoms with Gasteiger partial charge in [-0.2, -0.15) is 0 Å². The normalized spacial score (nSPS) is 11.3. The van der Waals surface area contributed by atoms with E-state index in [1.54, 1.807) is 7.11 Å². The number of methoxy groups -OCH3 is 1. The summed E-state index contributed by atoms with van der Waals surface area (Å²) < 4.78 is 16.6. The molecule has 0 radical (unpaired) electrons. The lowest BCUT2D eigenvalue weighted by atomic mass is 10.1. The van der Waals surface area contributed by atoms with E-state index in [0.717, 1.165) is 22.1 Å². The average molecular weight is 367 g/mol. The Hall–Kier alpha value is -2.63. The summed E-state index contributed by atoms with van der Waals surface area (Å²) in [6.07, 6.45) is 0.203. The Bertz CT molecular complexity index is 896. The molecule has 1 amide bonds. The third-order valence-corrected chi connectivity index (χ3v) is 4.25. The van der Waals surface area contributed by atoms with Crippen LogP contribution in [0.2, 0.25) is 0 Å². The molecule has 0 saturated carbocycles. The van der Waals surface area contributed by atoms with E-state index in [9.17, 15) is 4.79 Å². The van der Waals surface area contributed by atoms with E-state index in [4.69, 9.17) is 13.9 Å². The number of benzene rings is 2. The first kappa shape index (κ1) is 19.1. The molecular weight excluding hydrogens is 342 g/mol. The molecule has 0 atom stereocenters. The average Bonchev–Trinajstić information content (AvgIpc) is 3.04. The van der Waals surface area contributed by atoms with Crippen molar-refractivity contribution in [3.8, 4) is 0 Å². The van der Waals surface area contributed by atoms with Gasteiger partial charge in [0.25, 0.3) is 5.91 Å². The van der Waals surface area contributed by atoms with Gasteiger partial charge < -0.3 is 19.2 Å². The van der Waals surface area contributed by atoms with Crippen molar-refractivity contribution in [3.63, 3.8) is 0 Å². The van der Waals surface area contributed by atoms with E-state index in [1.165, 1.54) is 0 Å². The monoisotopic (exact) mass is 367 g/mol. The fourth-order valence-electron chi connectivity index (χ4n) is 2.85. The van der Waals surface area contributed by atoms with Crippen LogP contribution in [0.25, 0.3) is 11.0 Å². The molecule has 0 bridgehead atoms. The van der Waals surface area contributed by atoms with Gasteiger partial charge in [0.2, 0.25) is 0 Å². The van der Waals surface area contributed by atoms with Crippen LogP contribution in [0, 0.1) is 0 Å². The van der Waals surface area contributed by atoms with Gasteiger partial charge in [-0.05, 0) is 31.0 Å². The Labute approximate surface area is 159 Å². The number of para-hydroxylation sites is 1. The van der Waals surface area contributed by atoms with Gasteiger partial charge in [-0.25, -0.2) is 0 Å². The number of ether oxygens (including phenoxy) is 2. The summed E-state index contributed by atoms with van der Waals surface area (Å²) >= 11 is 0. The van der Waals surface area contributed by atoms with Crippen LogP contribution in [0.4, 0.5) is 0 Å². The molecule has 3 rings (SSSR count). The third kappa shape index (κ3) is 4.76. The number of furan rings is 1. The quantitative estimate of drug-likeness (QED) is 0.640. The molecule has 5 nitrogen and oxygen atoms in total. The Morgan fingerprint density at radius 1 is 1.04 bits per heavy atom. The predicted molar refractivity (Wildman–Crippen MR) is 104 cm³/mol. The number of carbonyl (C=O) groups excluding carboxylic acids is 1. The summed E-state index contributed by atoms with van der Waals surface area (Å²) in [5.41, 5.74) is 3.58. The van der Waals surface area contributed by atoms with Gasteiger partial charge in [0.1, 0.15) is 5.58 Å². The summed E-state index contributed by atoms with van der Waals surface area (Å²) in [6.45, 7) is 5.36. The first-order chi connectivity index (χ1) is 13.1. The lowest BCUT2D eigenvalue weighted by Crippen LogP contribution is -2.23. The molecule has 0 unspecified atom stereocenters. The first-order valence-corrected chi connectivity index (χ1v) is 9.05. The van der Waals surface area contributed by atoms with E-state index >= 15 is 0 Å². The van der Waals surface area contributed by atoms with Crippen LogP contribution in [0.5, 0.6) is 0 Å². The molecular formula is C22H25NO4. The lowest BCUT2D eigenvalue weighted by Gasteiger charge is -2.09. The number of hydrogen-bond donors (Lipinski definition) is 1. The Morgan fingerprint density at radius 2 is 1.74 bits per heavy atom. The minimum Gasteiger partial charge on any atom is -0.451 e. The van der Waals surface area contributed by atoms with Crippen molar-refractivity contribution < 1.29 is 18.7 Å². The van der Waals surface area contributed by atoms with Crippen molar-refractivity contribution in [2.75, 3.05) is 7.11 Å². The summed E-state index contributed by atoms with van der Waals surface area (Å²) in [5.74, 6) is 0.0606. The maximum atomic E-state index is 12.6. The molecule has 1 N–H and O–H groups in total. The second-order valence-electron chi connectivity index (χ2n) is 6.70. The van der Waals surface area contributed by atoms with E-state index in [2.05, 4.69) is 5.32 Å². The number of rotatable bonds is 8. The first-order valence-electron chi connectivity index (χ1n) is 9.05. The fourth-order valence-corrected chi connectivity index (χ4v) is 2.85. The van der Waals surface area contributed by atoms with E-state index < -0.39 is 0 Å². The Kier molecular flexibility index (Phi) is 6.27. The fraction of sp³-hybridized carbons (Fsp3) is 0.318. The standard InChI is InChI=1S/C22H25NO4/c1-15(2)26-13-17-10-8-16(9-11-17)12-23-22(24)21-19(14-25-3)18-6-4-5-7-20(18)27-21/h4-11,15H,12-14H2,1-3H3,(H,23,24). The van der Waals surface area contributed by atoms with Gasteiger partial charge in [-0.15, -0.1) is 0 Å². The Balaban J connectivity index is 1.67. The minimum atomic E-state index is -0.245. The van der Waals surface area contributed by atoms with Gasteiger partial charge in [0, 0.05) is 24.6 Å². The minimum absolute atomic E-state index is 0.203. The largest absolute Gasteiger partial charge is 0.451 e. The smallest absolute Gasteiger partial charge is 0.287 e. The second kappa shape index (κ2) is 8.84. The van der Waals surface area contributed by atoms with Gasteiger partial charge in [0.15, 0.2) is 5.76 Å². The van der Waals surface area contributed by atoms with Crippen LogP contribution >= 0.6 is 0 Å². The topological polar surface area (TPSA) is 60.7 Å². The van der Waals surface area contributed by atoms with Gasteiger partial charge in [-0.1, -0.05) is 42.5 Å². The van der Waals surface area contributed by atoms with Crippen LogP contribution in [-0.2, 0) is 29.2 Å². The molecule has 1 heterocycles. The van der Waals surface area contributed by atoms with Crippen molar-refractivity contribution in [2.24, 2.45) is 0 Å². The van der Waals surface area contributed by atoms with Crippen LogP contribution in [0.3, 0.4) is 0 Å². The predicted octanol–water partition coefficient (Wildman–Crippen LogP) is 4.43. The van der Waals surface area contributed by atoms with Gasteiger partial charge in [0.05, 0.1) is 19.3 Å². The summed E-state index contributed by atoms with van der Waals surface area (Å²) in [7, 11) is 1.61. The van der Waals surface area contributed by atoms with Crippen LogP contribution < -0.4 is 5.32 Å². The maximum Gasteiger partial charge on any atom is 0.287 e. The molecule has 0 aliphatic rings. The summed E-state index contributed by atoms with van der Waals surface area (Å²) in [6, 6.07) is 15.6. The van der Waals surface area contributed by atoms with Crippen LogP contribution in [0.1, 0.15) is 41.1 Å². The number of carbonyl (C=O) groups is 1. The zero-order chi connectivity index (χ0) is 19.2. The number of hydrogen-bond acceptors (Lipinski definition) is 4. The van der Waals surface area contributed by atoms with Gasteiger partial charge >= 0.3 is 0 Å². The molecule has 0 saturated heterocycles. The van der Waals surface area contributed by atoms with Crippen molar-refractivity contribution in [3.05, 3.63) is 71.0 Å². The number of fused-ring (bicyclic) bond motifs is 1. The molecule has 5 heteroatoms. The SMILES string of the molecule is COCc1c(C(=O)NCc2ccc(COC(C)C)cc2)oc2ccccc12. The third-order valence-electron chi connectivity index (χ3n) is 4.25. The highest BCUT2D eigenvalue weighted by atomic mass is 16.5. The highest BCUT2D eigenvalue weighted by Gasteiger charge is 2.20. The molecule has 142 valence electrons. The highest BCUT2D eigenvalue weighted by molar-refractivity contribution is 5.99. The molecule has 27 heavy (non-hydrogen) atoms. The van der Waals surface area contributed by atoms with E-state index in [1.807, 2.05) is 62.4 Å². The van der Waals surface area contributed by atoms with Crippen LogP contribution in [0.15, 0.2) is 52.9 Å². The van der Waals surface area contributed by atoms with Crippen LogP contribution in [-0.4, -0.2) is 19.1 Å². The number of amides is 1. The Morgan fingerprint density at radius 3 is 2.44 bits per heavy atom. The molecule has 0 fully saturated rings. The second-order valence-corrected chi connectivity index (χ2v) is 6.70. The van der Waals surface area contributed by atoms with E-state index in [-0.39, 0.29) is 12.0 Å². The lowest BCUT2D eigenvalue weighted by molar-refractivity contribution is 0.0657. The van der Waals surface area contributed by atoms with Gasteiger partial charge in [-0.3, -0.25) is 4.79 Å². The van der Waals surface area contributed by atoms with Crippen molar-refractivity contribution >= 4 is 16.9 Å². The molecule has 0 aliphatic carbocycles. The summed E-state index contributed by atoms with van der Waals surface area (Å²) in [4.78, 5) is 12.6. The summed E-state index contributed by atoms with van der Waals surface area (Å²) in [5, 5.41) is 3.83. The highest BCUT2D eigenvalue weighted by Crippen LogP contribution is 2.26. The van der Waals surface area contributed by atoms with Crippen molar-refractivity contribution in [2.45, 2.75) is 39.7 Å². The van der Waals surface area contributed by atoms with Crippen molar-refractivity contribution in [1.82, 2.24) is 5.32 Å². The van der Waals surface area contributed by atoms with E-state index in [0.29, 0.717) is 31.1 Å². The molecule has 0 aliphatic heterocycles. The zero-order valence-electron chi connectivity index (χ0n) is 16.0. The van der Waals surface area contributed by atoms with Crippen molar-refractivity contribution in [1.29, 1.82) is 0 Å². The maximum absolute atomic E-state index is 12.6. The molecule has 1 aromatic heterocycles.